The lowest BCUT2D eigenvalue weighted by atomic mass is 10.1. The Hall–Kier alpha value is -2.02. The number of hydrogen-bond acceptors (Lipinski definition) is 3. The van der Waals surface area contributed by atoms with Crippen LogP contribution in [0.25, 0.3) is 0 Å². The zero-order chi connectivity index (χ0) is 18.5. The predicted octanol–water partition coefficient (Wildman–Crippen LogP) is 0.261. The number of thiophene rings is 1. The molecule has 1 amide bonds. The average Bonchev–Trinajstić information content (AvgIpc) is 3.15. The minimum Gasteiger partial charge on any atom is -0.321 e. The fourth-order valence-electron chi connectivity index (χ4n) is 3.42. The van der Waals surface area contributed by atoms with E-state index >= 15 is 0 Å². The van der Waals surface area contributed by atoms with Crippen molar-refractivity contribution in [3.05, 3.63) is 52.2 Å². The molecule has 3 rings (SSSR count). The second-order valence-electron chi connectivity index (χ2n) is 7.01. The highest BCUT2D eigenvalue weighted by Crippen LogP contribution is 2.10. The first-order valence-electron chi connectivity index (χ1n) is 9.15. The molecule has 0 bridgehead atoms. The van der Waals surface area contributed by atoms with Crippen molar-refractivity contribution in [2.75, 3.05) is 31.5 Å². The summed E-state index contributed by atoms with van der Waals surface area (Å²) in [6.07, 6.45) is 0. The molecule has 0 radical (unpaired) electrons. The molecule has 1 aliphatic heterocycles. The number of hydrogen-bond donors (Lipinski definition) is 3. The third kappa shape index (κ3) is 4.78. The van der Waals surface area contributed by atoms with Crippen molar-refractivity contribution >= 4 is 28.7 Å². The smallest absolute Gasteiger partial charge is 0.282 e. The molecule has 1 fully saturated rings. The van der Waals surface area contributed by atoms with Crippen LogP contribution >= 0.6 is 11.3 Å². The standard InChI is InChI=1S/C20H25N3O2S/c1-15(20(25)21-18-7-5-17(6-8-18)16(2)24)23-11-9-22(10-12-23)14-19-4-3-13-26-19/h3-8,13,15H,9-12,14H2,1-2H3,(H,21,25)/p+2/t15-/m0/s1. The fourth-order valence-corrected chi connectivity index (χ4v) is 4.19. The van der Waals surface area contributed by atoms with Crippen molar-refractivity contribution in [2.24, 2.45) is 0 Å². The van der Waals surface area contributed by atoms with Crippen LogP contribution in [0.1, 0.15) is 29.1 Å². The number of Topliss-reactive ketones (excluding diaryl/α,β-unsaturated/α-hetero) is 1. The number of carbonyl (C=O) groups is 2. The van der Waals surface area contributed by atoms with E-state index in [1.54, 1.807) is 36.1 Å². The molecule has 2 aromatic rings. The molecule has 5 nitrogen and oxygen atoms in total. The summed E-state index contributed by atoms with van der Waals surface area (Å²) in [6.45, 7) is 8.85. The van der Waals surface area contributed by atoms with Gasteiger partial charge in [0, 0.05) is 11.3 Å². The van der Waals surface area contributed by atoms with Crippen molar-refractivity contribution in [1.29, 1.82) is 0 Å². The highest BCUT2D eigenvalue weighted by atomic mass is 32.1. The summed E-state index contributed by atoms with van der Waals surface area (Å²) < 4.78 is 0. The Balaban J connectivity index is 1.48. The predicted molar refractivity (Wildman–Crippen MR) is 104 cm³/mol. The normalized spacial score (nSPS) is 21.2. The van der Waals surface area contributed by atoms with Gasteiger partial charge in [0.1, 0.15) is 32.7 Å². The molecule has 6 heteroatoms. The first kappa shape index (κ1) is 18.8. The summed E-state index contributed by atoms with van der Waals surface area (Å²) in [5.41, 5.74) is 1.40. The molecular weight excluding hydrogens is 346 g/mol. The van der Waals surface area contributed by atoms with E-state index in [4.69, 9.17) is 0 Å². The van der Waals surface area contributed by atoms with Gasteiger partial charge in [-0.25, -0.2) is 0 Å². The van der Waals surface area contributed by atoms with Crippen molar-refractivity contribution in [3.63, 3.8) is 0 Å². The van der Waals surface area contributed by atoms with E-state index in [-0.39, 0.29) is 17.7 Å². The Morgan fingerprint density at radius 3 is 2.38 bits per heavy atom. The Labute approximate surface area is 158 Å². The zero-order valence-corrected chi connectivity index (χ0v) is 16.2. The summed E-state index contributed by atoms with van der Waals surface area (Å²) in [7, 11) is 0. The fraction of sp³-hybridized carbons (Fsp3) is 0.400. The lowest BCUT2D eigenvalue weighted by Gasteiger charge is -2.32. The van der Waals surface area contributed by atoms with Gasteiger partial charge in [-0.15, -0.1) is 11.3 Å². The number of rotatable bonds is 6. The van der Waals surface area contributed by atoms with E-state index in [2.05, 4.69) is 22.8 Å². The maximum Gasteiger partial charge on any atom is 0.282 e. The van der Waals surface area contributed by atoms with Gasteiger partial charge in [0.2, 0.25) is 0 Å². The number of nitrogens with one attached hydrogen (secondary N) is 3. The molecule has 0 unspecified atom stereocenters. The Bertz CT molecular complexity index is 735. The lowest BCUT2D eigenvalue weighted by molar-refractivity contribution is -1.02. The monoisotopic (exact) mass is 373 g/mol. The van der Waals surface area contributed by atoms with Gasteiger partial charge in [0.15, 0.2) is 11.8 Å². The summed E-state index contributed by atoms with van der Waals surface area (Å²) in [5.74, 6) is 0.0703. The number of benzene rings is 1. The molecule has 0 saturated carbocycles. The molecule has 0 spiro atoms. The Morgan fingerprint density at radius 1 is 1.12 bits per heavy atom. The number of anilines is 1. The van der Waals surface area contributed by atoms with Gasteiger partial charge in [0.25, 0.3) is 5.91 Å². The molecular formula is C20H27N3O2S+2. The molecule has 1 aromatic carbocycles. The molecule has 26 heavy (non-hydrogen) atoms. The quantitative estimate of drug-likeness (QED) is 0.637. The van der Waals surface area contributed by atoms with Gasteiger partial charge in [0.05, 0.1) is 4.88 Å². The maximum atomic E-state index is 12.6. The van der Waals surface area contributed by atoms with Crippen molar-refractivity contribution in [3.8, 4) is 0 Å². The van der Waals surface area contributed by atoms with E-state index in [1.165, 1.54) is 9.78 Å². The van der Waals surface area contributed by atoms with Gasteiger partial charge in [-0.1, -0.05) is 6.07 Å². The van der Waals surface area contributed by atoms with Gasteiger partial charge in [-0.3, -0.25) is 9.59 Å². The van der Waals surface area contributed by atoms with Gasteiger partial charge in [-0.05, 0) is 49.6 Å². The topological polar surface area (TPSA) is 55.0 Å². The van der Waals surface area contributed by atoms with Crippen LogP contribution in [0.3, 0.4) is 0 Å². The zero-order valence-electron chi connectivity index (χ0n) is 15.4. The van der Waals surface area contributed by atoms with E-state index in [1.807, 2.05) is 18.3 Å². The Morgan fingerprint density at radius 2 is 1.81 bits per heavy atom. The van der Waals surface area contributed by atoms with Crippen molar-refractivity contribution < 1.29 is 19.4 Å². The number of amides is 1. The molecule has 1 aromatic heterocycles. The van der Waals surface area contributed by atoms with Crippen LogP contribution in [0.2, 0.25) is 0 Å². The van der Waals surface area contributed by atoms with Crippen molar-refractivity contribution in [2.45, 2.75) is 26.4 Å². The second kappa shape index (κ2) is 8.58. The molecule has 1 aliphatic rings. The molecule has 3 N–H and O–H groups in total. The lowest BCUT2D eigenvalue weighted by Crippen LogP contribution is -3.29. The van der Waals surface area contributed by atoms with Gasteiger partial charge in [-0.2, -0.15) is 0 Å². The first-order chi connectivity index (χ1) is 12.5. The molecule has 1 saturated heterocycles. The highest BCUT2D eigenvalue weighted by molar-refractivity contribution is 7.09. The second-order valence-corrected chi connectivity index (χ2v) is 8.04. The number of quaternary nitrogens is 2. The molecule has 138 valence electrons. The van der Waals surface area contributed by atoms with Crippen LogP contribution in [0.5, 0.6) is 0 Å². The summed E-state index contributed by atoms with van der Waals surface area (Å²) in [6, 6.07) is 11.3. The molecule has 2 heterocycles. The Kier molecular flexibility index (Phi) is 6.19. The SMILES string of the molecule is CC(=O)c1ccc(NC(=O)[C@H](C)[NH+]2CC[NH+](Cc3cccs3)CC2)cc1. The molecule has 0 aliphatic carbocycles. The summed E-state index contributed by atoms with van der Waals surface area (Å²) in [4.78, 5) is 28.3. The maximum absolute atomic E-state index is 12.6. The van der Waals surface area contributed by atoms with Crippen LogP contribution in [-0.4, -0.2) is 43.9 Å². The first-order valence-corrected chi connectivity index (χ1v) is 10.0. The summed E-state index contributed by atoms with van der Waals surface area (Å²) in [5, 5.41) is 5.11. The third-order valence-corrected chi connectivity index (χ3v) is 6.04. The van der Waals surface area contributed by atoms with E-state index < -0.39 is 0 Å². The van der Waals surface area contributed by atoms with Gasteiger partial charge < -0.3 is 15.1 Å². The number of carbonyl (C=O) groups excluding carboxylic acids is 2. The van der Waals surface area contributed by atoms with Crippen LogP contribution < -0.4 is 15.1 Å². The minimum atomic E-state index is -0.0780. The van der Waals surface area contributed by atoms with Crippen molar-refractivity contribution in [1.82, 2.24) is 0 Å². The number of ketones is 1. The average molecular weight is 374 g/mol. The van der Waals surface area contributed by atoms with Crippen LogP contribution in [0.15, 0.2) is 41.8 Å². The van der Waals surface area contributed by atoms with Crippen LogP contribution in [-0.2, 0) is 11.3 Å². The van der Waals surface area contributed by atoms with E-state index in [9.17, 15) is 9.59 Å². The number of piperazine rings is 1. The van der Waals surface area contributed by atoms with E-state index in [0.29, 0.717) is 5.56 Å². The highest BCUT2D eigenvalue weighted by Gasteiger charge is 2.31. The molecule has 1 atom stereocenters. The van der Waals surface area contributed by atoms with Crippen LogP contribution in [0.4, 0.5) is 5.69 Å². The van der Waals surface area contributed by atoms with E-state index in [0.717, 1.165) is 38.4 Å². The largest absolute Gasteiger partial charge is 0.321 e. The van der Waals surface area contributed by atoms with Crippen LogP contribution in [0, 0.1) is 0 Å². The minimum absolute atomic E-state index is 0.0311. The van der Waals surface area contributed by atoms with Gasteiger partial charge >= 0.3 is 0 Å². The summed E-state index contributed by atoms with van der Waals surface area (Å²) >= 11 is 1.82. The third-order valence-electron chi connectivity index (χ3n) is 5.17.